The molecule has 1 amide bonds. The van der Waals surface area contributed by atoms with E-state index >= 15 is 0 Å². The number of amides is 1. The van der Waals surface area contributed by atoms with Crippen molar-refractivity contribution in [1.29, 1.82) is 0 Å². The van der Waals surface area contributed by atoms with Crippen LogP contribution in [-0.2, 0) is 14.3 Å². The fraction of sp³-hybridized carbons (Fsp3) is 0.529. The second-order valence-corrected chi connectivity index (χ2v) is 7.35. The molecule has 1 saturated heterocycles. The van der Waals surface area contributed by atoms with E-state index in [1.54, 1.807) is 32.9 Å². The number of hydrogen-bond acceptors (Lipinski definition) is 6. The van der Waals surface area contributed by atoms with Gasteiger partial charge in [0, 0.05) is 30.1 Å². The smallest absolute Gasteiger partial charge is 0.411 e. The highest BCUT2D eigenvalue weighted by Crippen LogP contribution is 2.30. The van der Waals surface area contributed by atoms with Gasteiger partial charge in [-0.15, -0.1) is 0 Å². The number of nitrogens with one attached hydrogen (secondary N) is 1. The van der Waals surface area contributed by atoms with E-state index in [4.69, 9.17) is 21.1 Å². The molecule has 0 unspecified atom stereocenters. The SMILES string of the molecule is COC(=O)[C@H]1C[C@@H](Nc2ccc(Cl)cc2O)CN1C(=O)OC(C)(C)C. The third-order valence-corrected chi connectivity index (χ3v) is 3.96. The van der Waals surface area contributed by atoms with Crippen molar-refractivity contribution in [3.8, 4) is 5.75 Å². The van der Waals surface area contributed by atoms with E-state index in [0.29, 0.717) is 17.1 Å². The third-order valence-electron chi connectivity index (χ3n) is 3.72. The number of benzene rings is 1. The lowest BCUT2D eigenvalue weighted by Crippen LogP contribution is -2.44. The van der Waals surface area contributed by atoms with Crippen LogP contribution in [0.5, 0.6) is 5.75 Å². The van der Waals surface area contributed by atoms with Gasteiger partial charge in [0.25, 0.3) is 0 Å². The number of methoxy groups -OCH3 is 1. The molecule has 1 heterocycles. The van der Waals surface area contributed by atoms with Crippen LogP contribution in [-0.4, -0.2) is 53.4 Å². The summed E-state index contributed by atoms with van der Waals surface area (Å²) in [5, 5.41) is 13.5. The molecule has 0 aromatic heterocycles. The Morgan fingerprint density at radius 1 is 1.36 bits per heavy atom. The summed E-state index contributed by atoms with van der Waals surface area (Å²) in [4.78, 5) is 25.8. The van der Waals surface area contributed by atoms with Gasteiger partial charge in [-0.2, -0.15) is 0 Å². The molecule has 0 bridgehead atoms. The first-order valence-electron chi connectivity index (χ1n) is 7.93. The number of phenols is 1. The lowest BCUT2D eigenvalue weighted by Gasteiger charge is -2.27. The van der Waals surface area contributed by atoms with Gasteiger partial charge < -0.3 is 19.9 Å². The summed E-state index contributed by atoms with van der Waals surface area (Å²) in [5.74, 6) is -0.506. The van der Waals surface area contributed by atoms with Gasteiger partial charge in [-0.05, 0) is 32.9 Å². The van der Waals surface area contributed by atoms with Gasteiger partial charge in [-0.25, -0.2) is 9.59 Å². The maximum atomic E-state index is 12.4. The second kappa shape index (κ2) is 7.39. The molecule has 1 aliphatic rings. The van der Waals surface area contributed by atoms with E-state index in [1.807, 2.05) is 0 Å². The molecule has 1 aromatic carbocycles. The number of carbonyl (C=O) groups excluding carboxylic acids is 2. The van der Waals surface area contributed by atoms with Crippen molar-refractivity contribution >= 4 is 29.4 Å². The Hall–Kier alpha value is -2.15. The lowest BCUT2D eigenvalue weighted by molar-refractivity contribution is -0.145. The zero-order valence-electron chi connectivity index (χ0n) is 14.7. The number of ether oxygens (including phenoxy) is 2. The molecule has 0 saturated carbocycles. The van der Waals surface area contributed by atoms with E-state index in [1.165, 1.54) is 18.1 Å². The number of phenolic OH excluding ortho intramolecular Hbond substituents is 1. The Morgan fingerprint density at radius 3 is 2.60 bits per heavy atom. The molecule has 7 nitrogen and oxygen atoms in total. The summed E-state index contributed by atoms with van der Waals surface area (Å²) in [6.45, 7) is 5.53. The number of likely N-dealkylation sites (tertiary alicyclic amines) is 1. The average Bonchev–Trinajstić information content (AvgIpc) is 2.92. The van der Waals surface area contributed by atoms with Crippen LogP contribution in [0.15, 0.2) is 18.2 Å². The standard InChI is InChI=1S/C17H23ClN2O5/c1-17(2,3)25-16(23)20-9-11(8-13(20)15(22)24-4)19-12-6-5-10(18)7-14(12)21/h5-7,11,13,19,21H,8-9H2,1-4H3/t11-,13-/m1/s1. The largest absolute Gasteiger partial charge is 0.506 e. The fourth-order valence-electron chi connectivity index (χ4n) is 2.67. The van der Waals surface area contributed by atoms with E-state index in [0.717, 1.165) is 0 Å². The molecule has 0 radical (unpaired) electrons. The molecule has 1 aliphatic heterocycles. The first kappa shape index (κ1) is 19.2. The number of rotatable bonds is 3. The highest BCUT2D eigenvalue weighted by Gasteiger charge is 2.42. The number of hydrogen-bond donors (Lipinski definition) is 2. The number of halogens is 1. The van der Waals surface area contributed by atoms with E-state index < -0.39 is 23.7 Å². The van der Waals surface area contributed by atoms with Crippen molar-refractivity contribution in [2.24, 2.45) is 0 Å². The van der Waals surface area contributed by atoms with Crippen molar-refractivity contribution in [2.75, 3.05) is 19.0 Å². The monoisotopic (exact) mass is 370 g/mol. The quantitative estimate of drug-likeness (QED) is 0.628. The topological polar surface area (TPSA) is 88.1 Å². The molecule has 1 fully saturated rings. The Bertz CT molecular complexity index is 659. The molecular weight excluding hydrogens is 348 g/mol. The number of anilines is 1. The molecule has 0 spiro atoms. The predicted molar refractivity (Wildman–Crippen MR) is 93.9 cm³/mol. The summed E-state index contributed by atoms with van der Waals surface area (Å²) in [6, 6.07) is 3.71. The summed E-state index contributed by atoms with van der Waals surface area (Å²) in [6.07, 6.45) is -0.235. The Labute approximate surface area is 151 Å². The second-order valence-electron chi connectivity index (χ2n) is 6.91. The maximum Gasteiger partial charge on any atom is 0.411 e. The zero-order valence-corrected chi connectivity index (χ0v) is 15.5. The maximum absolute atomic E-state index is 12.4. The van der Waals surface area contributed by atoms with Crippen molar-refractivity contribution in [2.45, 2.75) is 44.9 Å². The fourth-order valence-corrected chi connectivity index (χ4v) is 2.84. The molecule has 2 N–H and O–H groups in total. The molecule has 25 heavy (non-hydrogen) atoms. The minimum atomic E-state index is -0.744. The van der Waals surface area contributed by atoms with Gasteiger partial charge in [0.2, 0.25) is 0 Å². The molecule has 138 valence electrons. The first-order valence-corrected chi connectivity index (χ1v) is 8.31. The Morgan fingerprint density at radius 2 is 2.04 bits per heavy atom. The van der Waals surface area contributed by atoms with Crippen molar-refractivity contribution in [3.05, 3.63) is 23.2 Å². The summed E-state index contributed by atoms with van der Waals surface area (Å²) in [7, 11) is 1.28. The van der Waals surface area contributed by atoms with E-state index in [-0.39, 0.29) is 18.3 Å². The molecule has 2 atom stereocenters. The van der Waals surface area contributed by atoms with Crippen LogP contribution >= 0.6 is 11.6 Å². The number of esters is 1. The van der Waals surface area contributed by atoms with Crippen molar-refractivity contribution in [3.63, 3.8) is 0 Å². The van der Waals surface area contributed by atoms with E-state index in [2.05, 4.69) is 5.32 Å². The Kier molecular flexibility index (Phi) is 5.67. The number of nitrogens with zero attached hydrogens (tertiary/aromatic N) is 1. The van der Waals surface area contributed by atoms with Crippen LogP contribution in [0, 0.1) is 0 Å². The van der Waals surface area contributed by atoms with Gasteiger partial charge in [0.05, 0.1) is 12.8 Å². The number of carbonyl (C=O) groups is 2. The summed E-state index contributed by atoms with van der Waals surface area (Å²) >= 11 is 5.82. The highest BCUT2D eigenvalue weighted by atomic mass is 35.5. The van der Waals surface area contributed by atoms with Gasteiger partial charge >= 0.3 is 12.1 Å². The zero-order chi connectivity index (χ0) is 18.8. The normalized spacial score (nSPS) is 20.3. The summed E-state index contributed by atoms with van der Waals surface area (Å²) in [5.41, 5.74) is -0.193. The van der Waals surface area contributed by atoms with Crippen LogP contribution in [0.1, 0.15) is 27.2 Å². The minimum absolute atomic E-state index is 0.00200. The van der Waals surface area contributed by atoms with Crippen LogP contribution in [0.2, 0.25) is 5.02 Å². The highest BCUT2D eigenvalue weighted by molar-refractivity contribution is 6.30. The Balaban J connectivity index is 2.14. The molecule has 1 aromatic rings. The lowest BCUT2D eigenvalue weighted by atomic mass is 10.1. The predicted octanol–water partition coefficient (Wildman–Crippen LogP) is 3.01. The molecular formula is C17H23ClN2O5. The van der Waals surface area contributed by atoms with E-state index in [9.17, 15) is 14.7 Å². The van der Waals surface area contributed by atoms with Crippen molar-refractivity contribution < 1.29 is 24.2 Å². The van der Waals surface area contributed by atoms with Gasteiger partial charge in [0.1, 0.15) is 17.4 Å². The van der Waals surface area contributed by atoms with Crippen LogP contribution in [0.25, 0.3) is 0 Å². The average molecular weight is 371 g/mol. The van der Waals surface area contributed by atoms with Crippen LogP contribution < -0.4 is 5.32 Å². The van der Waals surface area contributed by atoms with Gasteiger partial charge in [-0.1, -0.05) is 11.6 Å². The van der Waals surface area contributed by atoms with Crippen LogP contribution in [0.4, 0.5) is 10.5 Å². The van der Waals surface area contributed by atoms with Gasteiger partial charge in [-0.3, -0.25) is 4.90 Å². The van der Waals surface area contributed by atoms with Crippen LogP contribution in [0.3, 0.4) is 0 Å². The molecule has 0 aliphatic carbocycles. The van der Waals surface area contributed by atoms with Crippen molar-refractivity contribution in [1.82, 2.24) is 4.90 Å². The number of aromatic hydroxyl groups is 1. The van der Waals surface area contributed by atoms with Gasteiger partial charge in [0.15, 0.2) is 0 Å². The minimum Gasteiger partial charge on any atom is -0.506 e. The first-order chi connectivity index (χ1) is 11.6. The third kappa shape index (κ3) is 4.92. The molecule has 2 rings (SSSR count). The molecule has 8 heteroatoms. The summed E-state index contributed by atoms with van der Waals surface area (Å²) < 4.78 is 10.2.